The summed E-state index contributed by atoms with van der Waals surface area (Å²) in [5.74, 6) is 0.848. The minimum atomic E-state index is 0.658. The minimum Gasteiger partial charge on any atom is -0.496 e. The third-order valence-corrected chi connectivity index (χ3v) is 3.07. The third kappa shape index (κ3) is 1.87. The van der Waals surface area contributed by atoms with Gasteiger partial charge in [-0.3, -0.25) is 0 Å². The molecule has 4 heteroatoms. The number of rotatable bonds is 3. The van der Waals surface area contributed by atoms with Crippen molar-refractivity contribution in [3.05, 3.63) is 28.4 Å². The van der Waals surface area contributed by atoms with Gasteiger partial charge in [-0.2, -0.15) is 0 Å². The molecule has 0 spiro atoms. The molecule has 1 heterocycles. The average Bonchev–Trinajstić information content (AvgIpc) is 2.60. The second kappa shape index (κ2) is 4.24. The van der Waals surface area contributed by atoms with Gasteiger partial charge in [0.2, 0.25) is 0 Å². The number of nitrogens with one attached hydrogen (secondary N) is 1. The van der Waals surface area contributed by atoms with Gasteiger partial charge in [0, 0.05) is 17.1 Å². The van der Waals surface area contributed by atoms with Gasteiger partial charge < -0.3 is 15.5 Å². The van der Waals surface area contributed by atoms with Crippen LogP contribution in [0.2, 0.25) is 0 Å². The maximum Gasteiger partial charge on any atom is 0.133 e. The molecule has 0 aliphatic rings. The number of benzene rings is 1. The van der Waals surface area contributed by atoms with Crippen molar-refractivity contribution in [1.29, 1.82) is 0 Å². The normalized spacial score (nSPS) is 10.9. The van der Waals surface area contributed by atoms with E-state index in [4.69, 9.17) is 10.5 Å². The Labute approximate surface area is 96.7 Å². The minimum absolute atomic E-state index is 0.658. The predicted molar refractivity (Wildman–Crippen MR) is 65.3 cm³/mol. The van der Waals surface area contributed by atoms with Crippen LogP contribution in [0.4, 0.5) is 0 Å². The first-order valence-corrected chi connectivity index (χ1v) is 5.59. The zero-order chi connectivity index (χ0) is 10.8. The van der Waals surface area contributed by atoms with Gasteiger partial charge in [-0.25, -0.2) is 0 Å². The van der Waals surface area contributed by atoms with Crippen molar-refractivity contribution in [2.75, 3.05) is 13.7 Å². The molecule has 15 heavy (non-hydrogen) atoms. The van der Waals surface area contributed by atoms with E-state index >= 15 is 0 Å². The molecular formula is C11H13BrN2O. The maximum atomic E-state index is 5.56. The van der Waals surface area contributed by atoms with Gasteiger partial charge in [0.05, 0.1) is 11.6 Å². The van der Waals surface area contributed by atoms with Gasteiger partial charge in [0.1, 0.15) is 5.75 Å². The van der Waals surface area contributed by atoms with E-state index in [0.717, 1.165) is 22.2 Å². The number of hydrogen-bond donors (Lipinski definition) is 2. The number of H-pyrrole nitrogens is 1. The molecule has 0 radical (unpaired) electrons. The fourth-order valence-electron chi connectivity index (χ4n) is 1.70. The quantitative estimate of drug-likeness (QED) is 0.899. The molecule has 1 aromatic carbocycles. The molecule has 2 rings (SSSR count). The van der Waals surface area contributed by atoms with Crippen LogP contribution in [0.3, 0.4) is 0 Å². The first kappa shape index (κ1) is 10.5. The Hall–Kier alpha value is -1.00. The number of halogens is 1. The summed E-state index contributed by atoms with van der Waals surface area (Å²) in [6.45, 7) is 0.658. The molecule has 0 fully saturated rings. The summed E-state index contributed by atoms with van der Waals surface area (Å²) in [5, 5.41) is 1.18. The predicted octanol–water partition coefficient (Wildman–Crippen LogP) is 2.44. The summed E-state index contributed by atoms with van der Waals surface area (Å²) in [6.07, 6.45) is 2.88. The van der Waals surface area contributed by atoms with Crippen molar-refractivity contribution in [2.24, 2.45) is 5.73 Å². The summed E-state index contributed by atoms with van der Waals surface area (Å²) >= 11 is 3.46. The number of methoxy groups -OCH3 is 1. The SMILES string of the molecule is COc1cc2c(CCN)c[nH]c2cc1Br. The van der Waals surface area contributed by atoms with E-state index < -0.39 is 0 Å². The molecule has 3 nitrogen and oxygen atoms in total. The molecule has 0 aliphatic heterocycles. The van der Waals surface area contributed by atoms with Crippen molar-refractivity contribution in [1.82, 2.24) is 4.98 Å². The maximum absolute atomic E-state index is 5.56. The van der Waals surface area contributed by atoms with E-state index in [9.17, 15) is 0 Å². The lowest BCUT2D eigenvalue weighted by Gasteiger charge is -2.04. The van der Waals surface area contributed by atoms with Crippen molar-refractivity contribution < 1.29 is 4.74 Å². The first-order valence-electron chi connectivity index (χ1n) is 4.80. The largest absolute Gasteiger partial charge is 0.496 e. The Morgan fingerprint density at radius 2 is 2.27 bits per heavy atom. The van der Waals surface area contributed by atoms with Crippen molar-refractivity contribution in [3.8, 4) is 5.75 Å². The number of aromatic amines is 1. The van der Waals surface area contributed by atoms with E-state index in [2.05, 4.69) is 20.9 Å². The molecule has 0 saturated carbocycles. The van der Waals surface area contributed by atoms with Crippen LogP contribution in [-0.2, 0) is 6.42 Å². The van der Waals surface area contributed by atoms with E-state index in [1.165, 1.54) is 10.9 Å². The summed E-state index contributed by atoms with van der Waals surface area (Å²) in [5.41, 5.74) is 7.89. The highest BCUT2D eigenvalue weighted by molar-refractivity contribution is 9.10. The number of hydrogen-bond acceptors (Lipinski definition) is 2. The molecule has 2 aromatic rings. The van der Waals surface area contributed by atoms with Gasteiger partial charge in [-0.1, -0.05) is 0 Å². The molecule has 0 bridgehead atoms. The molecule has 0 unspecified atom stereocenters. The van der Waals surface area contributed by atoms with Crippen LogP contribution in [0.25, 0.3) is 10.9 Å². The van der Waals surface area contributed by atoms with Gasteiger partial charge in [-0.05, 0) is 46.6 Å². The average molecular weight is 269 g/mol. The Kier molecular flexibility index (Phi) is 2.98. The molecule has 0 amide bonds. The number of aromatic nitrogens is 1. The fraction of sp³-hybridized carbons (Fsp3) is 0.273. The molecule has 1 aromatic heterocycles. The number of fused-ring (bicyclic) bond motifs is 1. The summed E-state index contributed by atoms with van der Waals surface area (Å²) < 4.78 is 6.22. The van der Waals surface area contributed by atoms with Gasteiger partial charge in [0.15, 0.2) is 0 Å². The second-order valence-corrected chi connectivity index (χ2v) is 4.24. The van der Waals surface area contributed by atoms with Crippen molar-refractivity contribution >= 4 is 26.8 Å². The molecule has 0 aliphatic carbocycles. The van der Waals surface area contributed by atoms with E-state index in [1.54, 1.807) is 7.11 Å². The highest BCUT2D eigenvalue weighted by atomic mass is 79.9. The van der Waals surface area contributed by atoms with Crippen LogP contribution in [-0.4, -0.2) is 18.6 Å². The summed E-state index contributed by atoms with van der Waals surface area (Å²) in [7, 11) is 1.67. The molecule has 3 N–H and O–H groups in total. The second-order valence-electron chi connectivity index (χ2n) is 3.38. The van der Waals surface area contributed by atoms with Crippen LogP contribution < -0.4 is 10.5 Å². The molecule has 0 atom stereocenters. The van der Waals surface area contributed by atoms with E-state index in [-0.39, 0.29) is 0 Å². The van der Waals surface area contributed by atoms with Crippen LogP contribution >= 0.6 is 15.9 Å². The van der Waals surface area contributed by atoms with Crippen LogP contribution in [0, 0.1) is 0 Å². The lowest BCUT2D eigenvalue weighted by molar-refractivity contribution is 0.413. The summed E-state index contributed by atoms with van der Waals surface area (Å²) in [4.78, 5) is 3.22. The summed E-state index contributed by atoms with van der Waals surface area (Å²) in [6, 6.07) is 4.05. The van der Waals surface area contributed by atoms with Gasteiger partial charge in [-0.15, -0.1) is 0 Å². The van der Waals surface area contributed by atoms with Crippen LogP contribution in [0.15, 0.2) is 22.8 Å². The highest BCUT2D eigenvalue weighted by Crippen LogP contribution is 2.31. The Morgan fingerprint density at radius 1 is 1.47 bits per heavy atom. The smallest absolute Gasteiger partial charge is 0.133 e. The zero-order valence-electron chi connectivity index (χ0n) is 8.51. The molecular weight excluding hydrogens is 256 g/mol. The van der Waals surface area contributed by atoms with E-state index in [1.807, 2.05) is 18.3 Å². The Morgan fingerprint density at radius 3 is 2.93 bits per heavy atom. The number of ether oxygens (including phenoxy) is 1. The highest BCUT2D eigenvalue weighted by Gasteiger charge is 2.07. The molecule has 80 valence electrons. The van der Waals surface area contributed by atoms with Gasteiger partial charge in [0.25, 0.3) is 0 Å². The first-order chi connectivity index (χ1) is 7.26. The van der Waals surface area contributed by atoms with Gasteiger partial charge >= 0.3 is 0 Å². The number of nitrogens with two attached hydrogens (primary N) is 1. The van der Waals surface area contributed by atoms with Crippen molar-refractivity contribution in [3.63, 3.8) is 0 Å². The monoisotopic (exact) mass is 268 g/mol. The Bertz CT molecular complexity index is 479. The zero-order valence-corrected chi connectivity index (χ0v) is 10.1. The topological polar surface area (TPSA) is 51.0 Å². The Balaban J connectivity index is 2.58. The third-order valence-electron chi connectivity index (χ3n) is 2.45. The lowest BCUT2D eigenvalue weighted by Crippen LogP contribution is -2.01. The standard InChI is InChI=1S/C11H13BrN2O/c1-15-11-4-8-7(2-3-13)6-14-10(8)5-9(11)12/h4-6,14H,2-3,13H2,1H3. The lowest BCUT2D eigenvalue weighted by atomic mass is 10.1. The fourth-order valence-corrected chi connectivity index (χ4v) is 2.21. The van der Waals surface area contributed by atoms with Crippen molar-refractivity contribution in [2.45, 2.75) is 6.42 Å². The molecule has 0 saturated heterocycles. The van der Waals surface area contributed by atoms with E-state index in [0.29, 0.717) is 6.54 Å². The van der Waals surface area contributed by atoms with Crippen LogP contribution in [0.1, 0.15) is 5.56 Å². The van der Waals surface area contributed by atoms with Crippen LogP contribution in [0.5, 0.6) is 5.75 Å².